The molecule has 1 amide bonds. The van der Waals surface area contributed by atoms with Crippen LogP contribution in [0.4, 0.5) is 17.2 Å². The molecule has 9 heteroatoms. The largest absolute Gasteiger partial charge is 0.493 e. The van der Waals surface area contributed by atoms with E-state index in [2.05, 4.69) is 81.7 Å². The number of anilines is 3. The highest BCUT2D eigenvalue weighted by Gasteiger charge is 2.17. The van der Waals surface area contributed by atoms with Crippen molar-refractivity contribution in [3.8, 4) is 5.75 Å². The first-order valence-corrected chi connectivity index (χ1v) is 15.0. The standard InChI is InChI=1S/C33H43N7O2/c1-23(2)24-7-10-27(11-8-24)34-15-5-18-42-29-13-12-28-19-25(29)9-14-30(41)40(4)17-6-16-39(3)21-26-20-35-32-31(26)33(38-28)37-22-36-32/h7-8,10-13,19-20,22-23,34H,5-6,9,14-18,21H2,1-4H3,(H2,35,36,37,38). The molecule has 1 aliphatic heterocycles. The molecule has 0 radical (unpaired) electrons. The lowest BCUT2D eigenvalue weighted by Gasteiger charge is -2.21. The van der Waals surface area contributed by atoms with Crippen molar-refractivity contribution in [2.24, 2.45) is 0 Å². The predicted octanol–water partition coefficient (Wildman–Crippen LogP) is 5.93. The van der Waals surface area contributed by atoms with Crippen LogP contribution in [0.25, 0.3) is 11.0 Å². The van der Waals surface area contributed by atoms with E-state index in [4.69, 9.17) is 4.74 Å². The van der Waals surface area contributed by atoms with E-state index in [0.29, 0.717) is 25.4 Å². The number of hydrogen-bond acceptors (Lipinski definition) is 7. The van der Waals surface area contributed by atoms with E-state index in [1.54, 1.807) is 6.33 Å². The van der Waals surface area contributed by atoms with E-state index < -0.39 is 0 Å². The van der Waals surface area contributed by atoms with Crippen molar-refractivity contribution in [2.75, 3.05) is 51.0 Å². The van der Waals surface area contributed by atoms with Crippen molar-refractivity contribution < 1.29 is 9.53 Å². The molecule has 2 aromatic carbocycles. The molecular formula is C33H43N7O2. The fourth-order valence-corrected chi connectivity index (χ4v) is 5.35. The average Bonchev–Trinajstić information content (AvgIpc) is 3.39. The zero-order valence-electron chi connectivity index (χ0n) is 25.2. The van der Waals surface area contributed by atoms with Crippen LogP contribution in [-0.4, -0.2) is 71.0 Å². The summed E-state index contributed by atoms with van der Waals surface area (Å²) in [5.41, 5.74) is 6.31. The minimum Gasteiger partial charge on any atom is -0.493 e. The third-order valence-corrected chi connectivity index (χ3v) is 7.87. The SMILES string of the molecule is CC(C)c1ccc(NCCCOc2ccc3cc2CCC(=O)N(C)CCCN(C)Cc2c[nH]c4ncnc(c24)N3)cc1. The second-order valence-corrected chi connectivity index (χ2v) is 11.5. The molecule has 42 heavy (non-hydrogen) atoms. The Balaban J connectivity index is 1.30. The molecule has 3 heterocycles. The lowest BCUT2D eigenvalue weighted by molar-refractivity contribution is -0.129. The van der Waals surface area contributed by atoms with E-state index in [9.17, 15) is 4.79 Å². The first-order chi connectivity index (χ1) is 20.4. The molecule has 0 aliphatic carbocycles. The van der Waals surface area contributed by atoms with Gasteiger partial charge in [0.1, 0.15) is 23.5 Å². The predicted molar refractivity (Wildman–Crippen MR) is 170 cm³/mol. The minimum atomic E-state index is 0.146. The first kappa shape index (κ1) is 29.4. The van der Waals surface area contributed by atoms with Gasteiger partial charge < -0.3 is 30.2 Å². The summed E-state index contributed by atoms with van der Waals surface area (Å²) in [6, 6.07) is 14.7. The molecular weight excluding hydrogens is 526 g/mol. The quantitative estimate of drug-likeness (QED) is 0.237. The van der Waals surface area contributed by atoms with Crippen molar-refractivity contribution in [3.05, 3.63) is 71.7 Å². The molecule has 2 aromatic heterocycles. The molecule has 9 nitrogen and oxygen atoms in total. The molecule has 0 unspecified atom stereocenters. The number of ether oxygens (including phenoxy) is 1. The topological polar surface area (TPSA) is 98.4 Å². The molecule has 1 aliphatic rings. The van der Waals surface area contributed by atoms with Gasteiger partial charge in [-0.2, -0.15) is 0 Å². The number of hydrogen-bond donors (Lipinski definition) is 3. The van der Waals surface area contributed by atoms with Gasteiger partial charge in [0.15, 0.2) is 0 Å². The highest BCUT2D eigenvalue weighted by molar-refractivity contribution is 5.92. The van der Waals surface area contributed by atoms with Crippen LogP contribution in [0.2, 0.25) is 0 Å². The monoisotopic (exact) mass is 569 g/mol. The molecule has 222 valence electrons. The van der Waals surface area contributed by atoms with E-state index in [-0.39, 0.29) is 5.91 Å². The lowest BCUT2D eigenvalue weighted by Crippen LogP contribution is -2.30. The fraction of sp³-hybridized carbons (Fsp3) is 0.424. The summed E-state index contributed by atoms with van der Waals surface area (Å²) in [6.07, 6.45) is 6.38. The number of benzene rings is 2. The van der Waals surface area contributed by atoms with Gasteiger partial charge in [0, 0.05) is 50.7 Å². The number of aryl methyl sites for hydroxylation is 1. The van der Waals surface area contributed by atoms with Crippen LogP contribution in [-0.2, 0) is 17.8 Å². The van der Waals surface area contributed by atoms with Gasteiger partial charge in [0.05, 0.1) is 12.0 Å². The van der Waals surface area contributed by atoms with Gasteiger partial charge in [-0.1, -0.05) is 26.0 Å². The van der Waals surface area contributed by atoms with Gasteiger partial charge in [-0.3, -0.25) is 4.79 Å². The third-order valence-electron chi connectivity index (χ3n) is 7.87. The number of aromatic amines is 1. The van der Waals surface area contributed by atoms with Crippen LogP contribution < -0.4 is 15.4 Å². The molecule has 2 bridgehead atoms. The Bertz CT molecular complexity index is 1480. The van der Waals surface area contributed by atoms with Crippen molar-refractivity contribution in [3.63, 3.8) is 0 Å². The molecule has 0 spiro atoms. The Morgan fingerprint density at radius 3 is 2.67 bits per heavy atom. The zero-order valence-corrected chi connectivity index (χ0v) is 25.2. The highest BCUT2D eigenvalue weighted by atomic mass is 16.5. The fourth-order valence-electron chi connectivity index (χ4n) is 5.35. The average molecular weight is 570 g/mol. The normalized spacial score (nSPS) is 15.2. The number of nitrogens with zero attached hydrogens (tertiary/aromatic N) is 4. The van der Waals surface area contributed by atoms with Gasteiger partial charge >= 0.3 is 0 Å². The van der Waals surface area contributed by atoms with Crippen molar-refractivity contribution in [1.82, 2.24) is 24.8 Å². The molecule has 5 rings (SSSR count). The number of nitrogens with one attached hydrogen (secondary N) is 3. The van der Waals surface area contributed by atoms with Crippen LogP contribution in [0.5, 0.6) is 5.75 Å². The van der Waals surface area contributed by atoms with Gasteiger partial charge in [0.2, 0.25) is 5.91 Å². The van der Waals surface area contributed by atoms with E-state index in [1.807, 2.05) is 30.3 Å². The van der Waals surface area contributed by atoms with Crippen molar-refractivity contribution in [2.45, 2.75) is 52.0 Å². The number of carbonyl (C=O) groups is 1. The van der Waals surface area contributed by atoms with E-state index >= 15 is 0 Å². The van der Waals surface area contributed by atoms with E-state index in [1.165, 1.54) is 5.56 Å². The Hall–Kier alpha value is -4.11. The van der Waals surface area contributed by atoms with Crippen LogP contribution in [0.1, 0.15) is 55.7 Å². The number of H-pyrrole nitrogens is 1. The van der Waals surface area contributed by atoms with Crippen molar-refractivity contribution in [1.29, 1.82) is 0 Å². The molecule has 4 aromatic rings. The number of aromatic nitrogens is 3. The van der Waals surface area contributed by atoms with Crippen molar-refractivity contribution >= 4 is 34.1 Å². The Morgan fingerprint density at radius 1 is 1.02 bits per heavy atom. The summed E-state index contributed by atoms with van der Waals surface area (Å²) in [7, 11) is 4.00. The van der Waals surface area contributed by atoms with Gasteiger partial charge in [0.25, 0.3) is 0 Å². The number of fused-ring (bicyclic) bond motifs is 2. The Kier molecular flexibility index (Phi) is 9.59. The third kappa shape index (κ3) is 7.39. The lowest BCUT2D eigenvalue weighted by atomic mass is 10.0. The summed E-state index contributed by atoms with van der Waals surface area (Å²) in [5.74, 6) is 2.25. The number of amides is 1. The maximum absolute atomic E-state index is 13.0. The molecule has 0 saturated heterocycles. The van der Waals surface area contributed by atoms with Crippen LogP contribution in [0.15, 0.2) is 55.0 Å². The molecule has 0 atom stereocenters. The smallest absolute Gasteiger partial charge is 0.222 e. The summed E-state index contributed by atoms with van der Waals surface area (Å²) in [4.78, 5) is 29.4. The number of rotatable bonds is 7. The summed E-state index contributed by atoms with van der Waals surface area (Å²) in [6.45, 7) is 8.18. The Labute approximate surface area is 248 Å². The van der Waals surface area contributed by atoms with Gasteiger partial charge in [-0.15, -0.1) is 0 Å². The second-order valence-electron chi connectivity index (χ2n) is 11.5. The Morgan fingerprint density at radius 2 is 1.86 bits per heavy atom. The first-order valence-electron chi connectivity index (χ1n) is 15.0. The summed E-state index contributed by atoms with van der Waals surface area (Å²) < 4.78 is 6.26. The highest BCUT2D eigenvalue weighted by Crippen LogP contribution is 2.30. The van der Waals surface area contributed by atoms with Crippen LogP contribution in [0.3, 0.4) is 0 Å². The van der Waals surface area contributed by atoms with Crippen LogP contribution in [0, 0.1) is 0 Å². The molecule has 0 saturated carbocycles. The van der Waals surface area contributed by atoms with Crippen LogP contribution >= 0.6 is 0 Å². The number of carbonyl (C=O) groups excluding carboxylic acids is 1. The second kappa shape index (κ2) is 13.7. The maximum atomic E-state index is 13.0. The summed E-state index contributed by atoms with van der Waals surface area (Å²) >= 11 is 0. The molecule has 0 fully saturated rings. The van der Waals surface area contributed by atoms with Gasteiger partial charge in [-0.25, -0.2) is 9.97 Å². The van der Waals surface area contributed by atoms with E-state index in [0.717, 1.165) is 84.1 Å². The molecule has 3 N–H and O–H groups in total. The summed E-state index contributed by atoms with van der Waals surface area (Å²) in [5, 5.41) is 7.99. The van der Waals surface area contributed by atoms with Gasteiger partial charge in [-0.05, 0) is 85.8 Å². The maximum Gasteiger partial charge on any atom is 0.222 e. The minimum absolute atomic E-state index is 0.146. The zero-order chi connectivity index (χ0) is 29.5.